The molecule has 1 aromatic rings. The molecular formula is C12H13BrFNO2. The summed E-state index contributed by atoms with van der Waals surface area (Å²) >= 11 is 3.23. The maximum Gasteiger partial charge on any atom is 0.223 e. The summed E-state index contributed by atoms with van der Waals surface area (Å²) in [5, 5.41) is 2.84. The van der Waals surface area contributed by atoms with Crippen LogP contribution in [0.25, 0.3) is 0 Å². The standard InChI is InChI=1S/C12H13BrFNO2/c13-8-1-4-10(14)11(7-8)17-6-5-12(16)15-9-2-3-9/h1,4,7,9H,2-3,5-6H2,(H,15,16). The number of hydrogen-bond acceptors (Lipinski definition) is 2. The number of nitrogens with one attached hydrogen (secondary N) is 1. The van der Waals surface area contributed by atoms with Gasteiger partial charge in [-0.05, 0) is 31.0 Å². The van der Waals surface area contributed by atoms with E-state index in [4.69, 9.17) is 4.74 Å². The number of hydrogen-bond donors (Lipinski definition) is 1. The lowest BCUT2D eigenvalue weighted by atomic mass is 10.3. The molecule has 1 aromatic carbocycles. The van der Waals surface area contributed by atoms with Gasteiger partial charge in [-0.15, -0.1) is 0 Å². The fraction of sp³-hybridized carbons (Fsp3) is 0.417. The minimum atomic E-state index is -0.421. The summed E-state index contributed by atoms with van der Waals surface area (Å²) in [6, 6.07) is 4.82. The smallest absolute Gasteiger partial charge is 0.223 e. The van der Waals surface area contributed by atoms with Crippen LogP contribution in [0.15, 0.2) is 22.7 Å². The Hall–Kier alpha value is -1.10. The van der Waals surface area contributed by atoms with Crippen LogP contribution in [-0.4, -0.2) is 18.6 Å². The number of benzene rings is 1. The molecule has 0 saturated heterocycles. The van der Waals surface area contributed by atoms with E-state index in [-0.39, 0.29) is 24.7 Å². The van der Waals surface area contributed by atoms with Crippen molar-refractivity contribution in [2.75, 3.05) is 6.61 Å². The van der Waals surface area contributed by atoms with Crippen LogP contribution in [0.3, 0.4) is 0 Å². The van der Waals surface area contributed by atoms with Gasteiger partial charge in [-0.25, -0.2) is 4.39 Å². The first-order valence-electron chi connectivity index (χ1n) is 5.52. The second-order valence-corrected chi connectivity index (χ2v) is 4.93. The Morgan fingerprint density at radius 2 is 2.29 bits per heavy atom. The molecule has 5 heteroatoms. The number of carbonyl (C=O) groups excluding carboxylic acids is 1. The van der Waals surface area contributed by atoms with E-state index in [2.05, 4.69) is 21.2 Å². The molecule has 0 aromatic heterocycles. The molecule has 0 spiro atoms. The van der Waals surface area contributed by atoms with Gasteiger partial charge < -0.3 is 10.1 Å². The van der Waals surface area contributed by atoms with E-state index in [1.54, 1.807) is 12.1 Å². The highest BCUT2D eigenvalue weighted by Crippen LogP contribution is 2.22. The molecule has 17 heavy (non-hydrogen) atoms. The van der Waals surface area contributed by atoms with Gasteiger partial charge in [0.2, 0.25) is 5.91 Å². The fourth-order valence-electron chi connectivity index (χ4n) is 1.37. The molecular weight excluding hydrogens is 289 g/mol. The summed E-state index contributed by atoms with van der Waals surface area (Å²) in [4.78, 5) is 11.3. The Labute approximate surface area is 107 Å². The zero-order valence-corrected chi connectivity index (χ0v) is 10.8. The first-order valence-corrected chi connectivity index (χ1v) is 6.31. The summed E-state index contributed by atoms with van der Waals surface area (Å²) in [5.74, 6) is -0.294. The summed E-state index contributed by atoms with van der Waals surface area (Å²) in [6.45, 7) is 0.186. The third-order valence-corrected chi connectivity index (χ3v) is 2.92. The van der Waals surface area contributed by atoms with Crippen LogP contribution in [-0.2, 0) is 4.79 Å². The van der Waals surface area contributed by atoms with E-state index >= 15 is 0 Å². The quantitative estimate of drug-likeness (QED) is 0.908. The lowest BCUT2D eigenvalue weighted by Gasteiger charge is -2.07. The summed E-state index contributed by atoms with van der Waals surface area (Å²) in [7, 11) is 0. The van der Waals surface area contributed by atoms with E-state index in [0.29, 0.717) is 6.04 Å². The summed E-state index contributed by atoms with van der Waals surface area (Å²) in [5.41, 5.74) is 0. The first-order chi connectivity index (χ1) is 8.15. The van der Waals surface area contributed by atoms with Crippen molar-refractivity contribution in [3.63, 3.8) is 0 Å². The average Bonchev–Trinajstić information content (AvgIpc) is 3.07. The van der Waals surface area contributed by atoms with E-state index in [1.807, 2.05) is 0 Å². The van der Waals surface area contributed by atoms with E-state index in [0.717, 1.165) is 17.3 Å². The van der Waals surface area contributed by atoms with Gasteiger partial charge in [0.05, 0.1) is 13.0 Å². The molecule has 3 nitrogen and oxygen atoms in total. The molecule has 0 heterocycles. The predicted molar refractivity (Wildman–Crippen MR) is 65.4 cm³/mol. The van der Waals surface area contributed by atoms with E-state index in [1.165, 1.54) is 6.07 Å². The van der Waals surface area contributed by atoms with Crippen molar-refractivity contribution in [3.8, 4) is 5.75 Å². The van der Waals surface area contributed by atoms with Crippen molar-refractivity contribution in [3.05, 3.63) is 28.5 Å². The third-order valence-electron chi connectivity index (χ3n) is 2.42. The Balaban J connectivity index is 1.76. The number of rotatable bonds is 5. The minimum absolute atomic E-state index is 0.0390. The number of ether oxygens (including phenoxy) is 1. The molecule has 0 radical (unpaired) electrons. The monoisotopic (exact) mass is 301 g/mol. The molecule has 0 aliphatic heterocycles. The highest BCUT2D eigenvalue weighted by Gasteiger charge is 2.22. The molecule has 1 fully saturated rings. The molecule has 0 atom stereocenters. The SMILES string of the molecule is O=C(CCOc1cc(Br)ccc1F)NC1CC1. The van der Waals surface area contributed by atoms with Gasteiger partial charge in [0.25, 0.3) is 0 Å². The van der Waals surface area contributed by atoms with Crippen molar-refractivity contribution < 1.29 is 13.9 Å². The van der Waals surface area contributed by atoms with Crippen LogP contribution in [0.2, 0.25) is 0 Å². The Bertz CT molecular complexity index is 421. The predicted octanol–water partition coefficient (Wildman–Crippen LogP) is 2.64. The third kappa shape index (κ3) is 4.00. The first kappa shape index (κ1) is 12.4. The van der Waals surface area contributed by atoms with Crippen molar-refractivity contribution >= 4 is 21.8 Å². The lowest BCUT2D eigenvalue weighted by molar-refractivity contribution is -0.121. The molecule has 1 aliphatic carbocycles. The Kier molecular flexibility index (Phi) is 3.99. The second-order valence-electron chi connectivity index (χ2n) is 4.01. The minimum Gasteiger partial charge on any atom is -0.490 e. The Morgan fingerprint density at radius 3 is 3.00 bits per heavy atom. The van der Waals surface area contributed by atoms with Crippen molar-refractivity contribution in [2.45, 2.75) is 25.3 Å². The van der Waals surface area contributed by atoms with Crippen LogP contribution in [0, 0.1) is 5.82 Å². The van der Waals surface area contributed by atoms with Gasteiger partial charge in [-0.2, -0.15) is 0 Å². The molecule has 0 unspecified atom stereocenters. The van der Waals surface area contributed by atoms with Crippen LogP contribution >= 0.6 is 15.9 Å². The molecule has 1 N–H and O–H groups in total. The van der Waals surface area contributed by atoms with Crippen LogP contribution in [0.1, 0.15) is 19.3 Å². The van der Waals surface area contributed by atoms with Gasteiger partial charge in [0.1, 0.15) is 0 Å². The van der Waals surface area contributed by atoms with Crippen LogP contribution < -0.4 is 10.1 Å². The van der Waals surface area contributed by atoms with Gasteiger partial charge in [0, 0.05) is 10.5 Å². The van der Waals surface area contributed by atoms with E-state index < -0.39 is 5.82 Å². The average molecular weight is 302 g/mol. The molecule has 1 amide bonds. The topological polar surface area (TPSA) is 38.3 Å². The van der Waals surface area contributed by atoms with Crippen LogP contribution in [0.4, 0.5) is 4.39 Å². The number of amides is 1. The van der Waals surface area contributed by atoms with Gasteiger partial charge in [0.15, 0.2) is 11.6 Å². The summed E-state index contributed by atoms with van der Waals surface area (Å²) < 4.78 is 19.2. The van der Waals surface area contributed by atoms with E-state index in [9.17, 15) is 9.18 Å². The highest BCUT2D eigenvalue weighted by atomic mass is 79.9. The maximum atomic E-state index is 13.3. The van der Waals surface area contributed by atoms with Crippen molar-refractivity contribution in [1.29, 1.82) is 0 Å². The van der Waals surface area contributed by atoms with Crippen molar-refractivity contribution in [2.24, 2.45) is 0 Å². The fourth-order valence-corrected chi connectivity index (χ4v) is 1.71. The number of halogens is 2. The summed E-state index contributed by atoms with van der Waals surface area (Å²) in [6.07, 6.45) is 2.38. The van der Waals surface area contributed by atoms with Gasteiger partial charge in [-0.1, -0.05) is 15.9 Å². The zero-order valence-electron chi connectivity index (χ0n) is 9.21. The Morgan fingerprint density at radius 1 is 1.53 bits per heavy atom. The van der Waals surface area contributed by atoms with Crippen molar-refractivity contribution in [1.82, 2.24) is 5.32 Å². The van der Waals surface area contributed by atoms with Crippen LogP contribution in [0.5, 0.6) is 5.75 Å². The lowest BCUT2D eigenvalue weighted by Crippen LogP contribution is -2.26. The molecule has 92 valence electrons. The molecule has 1 aliphatic rings. The van der Waals surface area contributed by atoms with Gasteiger partial charge in [-0.3, -0.25) is 4.79 Å². The molecule has 2 rings (SSSR count). The second kappa shape index (κ2) is 5.49. The largest absolute Gasteiger partial charge is 0.490 e. The molecule has 0 bridgehead atoms. The number of carbonyl (C=O) groups is 1. The normalized spacial score (nSPS) is 14.5. The molecule has 1 saturated carbocycles. The maximum absolute atomic E-state index is 13.3. The van der Waals surface area contributed by atoms with Gasteiger partial charge >= 0.3 is 0 Å². The highest BCUT2D eigenvalue weighted by molar-refractivity contribution is 9.10. The zero-order chi connectivity index (χ0) is 12.3.